The van der Waals surface area contributed by atoms with Gasteiger partial charge in [0.15, 0.2) is 0 Å². The van der Waals surface area contributed by atoms with Crippen molar-refractivity contribution in [3.05, 3.63) is 28.5 Å². The normalized spacial score (nSPS) is 18.7. The maximum Gasteiger partial charge on any atom is 0.0410 e. The Bertz CT molecular complexity index is 400. The molecule has 3 nitrogen and oxygen atoms in total. The second-order valence-corrected chi connectivity index (χ2v) is 6.71. The molecule has 0 spiro atoms. The Hall–Kier alpha value is -0.450. The van der Waals surface area contributed by atoms with E-state index in [0.29, 0.717) is 5.54 Å². The highest BCUT2D eigenvalue weighted by Crippen LogP contribution is 2.31. The van der Waals surface area contributed by atoms with Crippen molar-refractivity contribution in [3.63, 3.8) is 0 Å². The molecule has 0 atom stereocenters. The monoisotopic (exact) mass is 325 g/mol. The second-order valence-electron chi connectivity index (χ2n) is 5.79. The van der Waals surface area contributed by atoms with Crippen LogP contribution >= 0.6 is 15.9 Å². The van der Waals surface area contributed by atoms with E-state index in [2.05, 4.69) is 51.3 Å². The molecule has 1 aliphatic rings. The van der Waals surface area contributed by atoms with Crippen molar-refractivity contribution in [2.24, 2.45) is 0 Å². The van der Waals surface area contributed by atoms with Crippen LogP contribution in [0, 0.1) is 0 Å². The summed E-state index contributed by atoms with van der Waals surface area (Å²) in [4.78, 5) is 6.62. The number of pyridine rings is 1. The molecule has 0 amide bonds. The first-order chi connectivity index (χ1) is 9.12. The Morgan fingerprint density at radius 2 is 2.00 bits per heavy atom. The summed E-state index contributed by atoms with van der Waals surface area (Å²) in [5, 5.41) is 3.62. The number of rotatable bonds is 5. The van der Waals surface area contributed by atoms with E-state index in [1.54, 1.807) is 0 Å². The molecule has 4 heteroatoms. The third-order valence-electron chi connectivity index (χ3n) is 4.28. The van der Waals surface area contributed by atoms with Crippen molar-refractivity contribution in [1.82, 2.24) is 15.2 Å². The number of likely N-dealkylation sites (N-methyl/N-ethyl adjacent to an activating group) is 1. The van der Waals surface area contributed by atoms with Gasteiger partial charge < -0.3 is 10.2 Å². The molecule has 0 aromatic carbocycles. The predicted octanol–water partition coefficient (Wildman–Crippen LogP) is 3.20. The van der Waals surface area contributed by atoms with Gasteiger partial charge in [-0.2, -0.15) is 0 Å². The van der Waals surface area contributed by atoms with E-state index < -0.39 is 0 Å². The molecule has 106 valence electrons. The van der Waals surface area contributed by atoms with E-state index in [1.165, 1.54) is 37.7 Å². The van der Waals surface area contributed by atoms with E-state index >= 15 is 0 Å². The van der Waals surface area contributed by atoms with Gasteiger partial charge in [-0.25, -0.2) is 0 Å². The summed E-state index contributed by atoms with van der Waals surface area (Å²) in [6, 6.07) is 2.13. The number of hydrogen-bond acceptors (Lipinski definition) is 3. The molecule has 19 heavy (non-hydrogen) atoms. The minimum atomic E-state index is 0.345. The van der Waals surface area contributed by atoms with Gasteiger partial charge in [0.2, 0.25) is 0 Å². The summed E-state index contributed by atoms with van der Waals surface area (Å²) in [7, 11) is 4.43. The molecule has 1 heterocycles. The van der Waals surface area contributed by atoms with Crippen molar-refractivity contribution in [1.29, 1.82) is 0 Å². The van der Waals surface area contributed by atoms with Crippen LogP contribution < -0.4 is 5.32 Å². The van der Waals surface area contributed by atoms with E-state index in [1.807, 2.05) is 12.4 Å². The maximum atomic E-state index is 4.20. The summed E-state index contributed by atoms with van der Waals surface area (Å²) in [5.74, 6) is 0. The Balaban J connectivity index is 1.89. The first kappa shape index (κ1) is 14.9. The molecule has 0 saturated heterocycles. The average molecular weight is 326 g/mol. The SMILES string of the molecule is CN(C)C1(CNCc2cncc(Br)c2)CCCCC1. The molecule has 0 aliphatic heterocycles. The molecule has 1 saturated carbocycles. The smallest absolute Gasteiger partial charge is 0.0410 e. The molecular formula is C15H24BrN3. The maximum absolute atomic E-state index is 4.20. The molecule has 2 rings (SSSR count). The number of nitrogens with one attached hydrogen (secondary N) is 1. The topological polar surface area (TPSA) is 28.2 Å². The van der Waals surface area contributed by atoms with E-state index in [-0.39, 0.29) is 0 Å². The first-order valence-corrected chi connectivity index (χ1v) is 7.89. The number of nitrogens with zero attached hydrogens (tertiary/aromatic N) is 2. The van der Waals surface area contributed by atoms with Gasteiger partial charge in [-0.1, -0.05) is 19.3 Å². The van der Waals surface area contributed by atoms with E-state index in [9.17, 15) is 0 Å². The Morgan fingerprint density at radius 3 is 2.63 bits per heavy atom. The highest BCUT2D eigenvalue weighted by molar-refractivity contribution is 9.10. The second kappa shape index (κ2) is 6.82. The van der Waals surface area contributed by atoms with Crippen molar-refractivity contribution < 1.29 is 0 Å². The number of aromatic nitrogens is 1. The molecule has 1 aliphatic carbocycles. The zero-order chi connectivity index (χ0) is 13.7. The standard InChI is InChI=1S/C15H24BrN3/c1-19(2)15(6-4-3-5-7-15)12-18-10-13-8-14(16)11-17-9-13/h8-9,11,18H,3-7,10,12H2,1-2H3. The fourth-order valence-electron chi connectivity index (χ4n) is 2.98. The van der Waals surface area contributed by atoms with Gasteiger partial charge in [0.25, 0.3) is 0 Å². The van der Waals surface area contributed by atoms with Gasteiger partial charge in [0.1, 0.15) is 0 Å². The Labute approximate surface area is 124 Å². The van der Waals surface area contributed by atoms with Crippen molar-refractivity contribution in [2.45, 2.75) is 44.2 Å². The average Bonchev–Trinajstić information content (AvgIpc) is 2.40. The van der Waals surface area contributed by atoms with Gasteiger partial charge in [-0.05, 0) is 54.5 Å². The zero-order valence-corrected chi connectivity index (χ0v) is 13.5. The van der Waals surface area contributed by atoms with Gasteiger partial charge in [0, 0.05) is 35.5 Å². The van der Waals surface area contributed by atoms with Gasteiger partial charge >= 0.3 is 0 Å². The molecule has 0 unspecified atom stereocenters. The number of halogens is 1. The molecule has 0 radical (unpaired) electrons. The molecule has 1 aromatic rings. The summed E-state index contributed by atoms with van der Waals surface area (Å²) >= 11 is 3.47. The molecular weight excluding hydrogens is 302 g/mol. The van der Waals surface area contributed by atoms with Crippen LogP contribution in [0.1, 0.15) is 37.7 Å². The van der Waals surface area contributed by atoms with Crippen molar-refractivity contribution in [2.75, 3.05) is 20.6 Å². The van der Waals surface area contributed by atoms with Crippen molar-refractivity contribution in [3.8, 4) is 0 Å². The van der Waals surface area contributed by atoms with Crippen LogP contribution in [0.2, 0.25) is 0 Å². The number of hydrogen-bond donors (Lipinski definition) is 1. The molecule has 1 N–H and O–H groups in total. The minimum absolute atomic E-state index is 0.345. The van der Waals surface area contributed by atoms with E-state index in [4.69, 9.17) is 0 Å². The molecule has 1 fully saturated rings. The highest BCUT2D eigenvalue weighted by atomic mass is 79.9. The lowest BCUT2D eigenvalue weighted by Gasteiger charge is -2.43. The van der Waals surface area contributed by atoms with Gasteiger partial charge in [-0.3, -0.25) is 4.98 Å². The quantitative estimate of drug-likeness (QED) is 0.901. The third kappa shape index (κ3) is 4.01. The van der Waals surface area contributed by atoms with E-state index in [0.717, 1.165) is 17.6 Å². The zero-order valence-electron chi connectivity index (χ0n) is 12.0. The largest absolute Gasteiger partial charge is 0.311 e. The minimum Gasteiger partial charge on any atom is -0.311 e. The Morgan fingerprint density at radius 1 is 1.26 bits per heavy atom. The fraction of sp³-hybridized carbons (Fsp3) is 0.667. The lowest BCUT2D eigenvalue weighted by molar-refractivity contribution is 0.0984. The van der Waals surface area contributed by atoms with Crippen LogP contribution in [0.5, 0.6) is 0 Å². The summed E-state index contributed by atoms with van der Waals surface area (Å²) < 4.78 is 1.05. The molecule has 1 aromatic heterocycles. The lowest BCUT2D eigenvalue weighted by atomic mass is 9.80. The van der Waals surface area contributed by atoms with Crippen LogP contribution in [-0.2, 0) is 6.54 Å². The molecule has 0 bridgehead atoms. The summed E-state index contributed by atoms with van der Waals surface area (Å²) in [6.07, 6.45) is 10.5. The first-order valence-electron chi connectivity index (χ1n) is 7.10. The van der Waals surface area contributed by atoms with Crippen LogP contribution in [0.3, 0.4) is 0 Å². The lowest BCUT2D eigenvalue weighted by Crippen LogP contribution is -2.52. The highest BCUT2D eigenvalue weighted by Gasteiger charge is 2.33. The predicted molar refractivity (Wildman–Crippen MR) is 83.1 cm³/mol. The van der Waals surface area contributed by atoms with Gasteiger partial charge in [-0.15, -0.1) is 0 Å². The Kier molecular flexibility index (Phi) is 5.37. The summed E-state index contributed by atoms with van der Waals surface area (Å²) in [6.45, 7) is 1.95. The fourth-order valence-corrected chi connectivity index (χ4v) is 3.40. The van der Waals surface area contributed by atoms with Crippen LogP contribution in [0.25, 0.3) is 0 Å². The third-order valence-corrected chi connectivity index (χ3v) is 4.71. The van der Waals surface area contributed by atoms with Crippen LogP contribution in [0.15, 0.2) is 22.9 Å². The van der Waals surface area contributed by atoms with Gasteiger partial charge in [0.05, 0.1) is 0 Å². The van der Waals surface area contributed by atoms with Crippen LogP contribution in [-0.4, -0.2) is 36.1 Å². The van der Waals surface area contributed by atoms with Crippen LogP contribution in [0.4, 0.5) is 0 Å². The van der Waals surface area contributed by atoms with Crippen molar-refractivity contribution >= 4 is 15.9 Å². The summed E-state index contributed by atoms with van der Waals surface area (Å²) in [5.41, 5.74) is 1.58.